The number of aromatic nitrogens is 2. The van der Waals surface area contributed by atoms with E-state index in [0.717, 1.165) is 10.9 Å². The predicted octanol–water partition coefficient (Wildman–Crippen LogP) is 1.79. The average Bonchev–Trinajstić information content (AvgIpc) is 2.27. The summed E-state index contributed by atoms with van der Waals surface area (Å²) < 4.78 is 5.22. The predicted molar refractivity (Wildman–Crippen MR) is 63.9 cm³/mol. The fourth-order valence-corrected chi connectivity index (χ4v) is 1.68. The molecule has 4 nitrogen and oxygen atoms in total. The highest BCUT2D eigenvalue weighted by Gasteiger charge is 2.07. The molecule has 0 aliphatic carbocycles. The summed E-state index contributed by atoms with van der Waals surface area (Å²) in [5.41, 5.74) is 6.26. The molecule has 1 aromatic heterocycles. The third-order valence-corrected chi connectivity index (χ3v) is 2.47. The Morgan fingerprint density at radius 3 is 2.88 bits per heavy atom. The van der Waals surface area contributed by atoms with Crippen LogP contribution in [0, 0.1) is 0 Å². The maximum atomic E-state index is 5.92. The summed E-state index contributed by atoms with van der Waals surface area (Å²) in [6, 6.07) is 5.43. The van der Waals surface area contributed by atoms with Crippen LogP contribution in [0.2, 0.25) is 5.02 Å². The molecule has 0 unspecified atom stereocenters. The molecule has 0 saturated carbocycles. The van der Waals surface area contributed by atoms with Crippen molar-refractivity contribution in [2.45, 2.75) is 6.42 Å². The smallest absolute Gasteiger partial charge is 0.224 e. The van der Waals surface area contributed by atoms with Crippen LogP contribution in [0.3, 0.4) is 0 Å². The molecule has 0 radical (unpaired) electrons. The molecule has 2 rings (SSSR count). The van der Waals surface area contributed by atoms with Gasteiger partial charge in [-0.2, -0.15) is 4.98 Å². The number of rotatable bonds is 3. The van der Waals surface area contributed by atoms with E-state index in [9.17, 15) is 0 Å². The number of benzene rings is 1. The van der Waals surface area contributed by atoms with Crippen molar-refractivity contribution in [2.75, 3.05) is 13.7 Å². The van der Waals surface area contributed by atoms with Crippen LogP contribution in [0.25, 0.3) is 10.9 Å². The van der Waals surface area contributed by atoms with Gasteiger partial charge in [0.2, 0.25) is 5.88 Å². The fourth-order valence-electron chi connectivity index (χ4n) is 1.52. The van der Waals surface area contributed by atoms with Gasteiger partial charge in [-0.1, -0.05) is 11.6 Å². The minimum absolute atomic E-state index is 0.509. The second-order valence-corrected chi connectivity index (χ2v) is 3.79. The number of halogens is 1. The van der Waals surface area contributed by atoms with E-state index in [-0.39, 0.29) is 0 Å². The van der Waals surface area contributed by atoms with Crippen LogP contribution in [0.1, 0.15) is 5.82 Å². The van der Waals surface area contributed by atoms with E-state index in [1.165, 1.54) is 0 Å². The molecular weight excluding hydrogens is 226 g/mol. The van der Waals surface area contributed by atoms with Crippen LogP contribution >= 0.6 is 11.6 Å². The van der Waals surface area contributed by atoms with E-state index in [0.29, 0.717) is 29.7 Å². The van der Waals surface area contributed by atoms with Crippen molar-refractivity contribution >= 4 is 22.5 Å². The summed E-state index contributed by atoms with van der Waals surface area (Å²) in [7, 11) is 1.59. The first-order valence-electron chi connectivity index (χ1n) is 4.95. The average molecular weight is 238 g/mol. The van der Waals surface area contributed by atoms with Crippen LogP contribution < -0.4 is 10.5 Å². The topological polar surface area (TPSA) is 61.0 Å². The first kappa shape index (κ1) is 11.1. The molecule has 0 saturated heterocycles. The molecule has 16 heavy (non-hydrogen) atoms. The molecule has 0 amide bonds. The van der Waals surface area contributed by atoms with Crippen molar-refractivity contribution in [2.24, 2.45) is 5.73 Å². The van der Waals surface area contributed by atoms with E-state index in [1.54, 1.807) is 19.2 Å². The van der Waals surface area contributed by atoms with E-state index in [1.807, 2.05) is 6.07 Å². The van der Waals surface area contributed by atoms with E-state index < -0.39 is 0 Å². The number of nitrogens with zero attached hydrogens (tertiary/aromatic N) is 2. The zero-order chi connectivity index (χ0) is 11.5. The lowest BCUT2D eigenvalue weighted by Crippen LogP contribution is -2.07. The van der Waals surface area contributed by atoms with E-state index >= 15 is 0 Å². The van der Waals surface area contributed by atoms with Gasteiger partial charge >= 0.3 is 0 Å². The minimum Gasteiger partial charge on any atom is -0.480 e. The van der Waals surface area contributed by atoms with Crippen molar-refractivity contribution in [1.82, 2.24) is 9.97 Å². The van der Waals surface area contributed by atoms with Gasteiger partial charge in [-0.3, -0.25) is 0 Å². The lowest BCUT2D eigenvalue weighted by atomic mass is 10.2. The highest BCUT2D eigenvalue weighted by molar-refractivity contribution is 6.31. The van der Waals surface area contributed by atoms with Gasteiger partial charge in [0.25, 0.3) is 0 Å². The van der Waals surface area contributed by atoms with Crippen molar-refractivity contribution < 1.29 is 4.74 Å². The molecule has 0 aliphatic rings. The van der Waals surface area contributed by atoms with Crippen LogP contribution in [0.5, 0.6) is 5.88 Å². The molecule has 84 valence electrons. The lowest BCUT2D eigenvalue weighted by molar-refractivity contribution is 0.400. The third kappa shape index (κ3) is 2.08. The number of hydrogen-bond donors (Lipinski definition) is 1. The van der Waals surface area contributed by atoms with Crippen LogP contribution in [0.15, 0.2) is 18.2 Å². The molecule has 0 aliphatic heterocycles. The largest absolute Gasteiger partial charge is 0.480 e. The fraction of sp³-hybridized carbons (Fsp3) is 0.273. The Kier molecular flexibility index (Phi) is 3.22. The summed E-state index contributed by atoms with van der Waals surface area (Å²) in [5, 5.41) is 1.50. The number of ether oxygens (including phenoxy) is 1. The maximum absolute atomic E-state index is 5.92. The standard InChI is InChI=1S/C11H12ClN3O/c1-16-11-8-3-2-7(12)6-9(8)14-10(15-11)4-5-13/h2-3,6H,4-5,13H2,1H3. The number of nitrogens with two attached hydrogens (primary N) is 1. The third-order valence-electron chi connectivity index (χ3n) is 2.23. The molecule has 2 aromatic rings. The van der Waals surface area contributed by atoms with Crippen LogP contribution in [-0.4, -0.2) is 23.6 Å². The molecular formula is C11H12ClN3O. The Balaban J connectivity index is 2.63. The SMILES string of the molecule is COc1nc(CCN)nc2cc(Cl)ccc12. The summed E-state index contributed by atoms with van der Waals surface area (Å²) >= 11 is 5.92. The summed E-state index contributed by atoms with van der Waals surface area (Å²) in [5.74, 6) is 1.24. The number of hydrogen-bond acceptors (Lipinski definition) is 4. The summed E-state index contributed by atoms with van der Waals surface area (Å²) in [6.45, 7) is 0.509. The molecule has 1 heterocycles. The van der Waals surface area contributed by atoms with Crippen molar-refractivity contribution in [3.05, 3.63) is 29.0 Å². The zero-order valence-electron chi connectivity index (χ0n) is 8.90. The van der Waals surface area contributed by atoms with Crippen molar-refractivity contribution in [1.29, 1.82) is 0 Å². The van der Waals surface area contributed by atoms with Crippen LogP contribution in [-0.2, 0) is 6.42 Å². The van der Waals surface area contributed by atoms with E-state index in [2.05, 4.69) is 9.97 Å². The molecule has 0 spiro atoms. The Labute approximate surface area is 98.4 Å². The highest BCUT2D eigenvalue weighted by Crippen LogP contribution is 2.24. The zero-order valence-corrected chi connectivity index (χ0v) is 9.66. The molecule has 0 atom stereocenters. The van der Waals surface area contributed by atoms with E-state index in [4.69, 9.17) is 22.1 Å². The normalized spacial score (nSPS) is 10.7. The van der Waals surface area contributed by atoms with Gasteiger partial charge in [-0.05, 0) is 24.7 Å². The highest BCUT2D eigenvalue weighted by atomic mass is 35.5. The first-order chi connectivity index (χ1) is 7.74. The van der Waals surface area contributed by atoms with Crippen molar-refractivity contribution in [3.63, 3.8) is 0 Å². The Bertz CT molecular complexity index is 516. The summed E-state index contributed by atoms with van der Waals surface area (Å²) in [4.78, 5) is 8.66. The molecule has 1 aromatic carbocycles. The van der Waals surface area contributed by atoms with Gasteiger partial charge < -0.3 is 10.5 Å². The Morgan fingerprint density at radius 2 is 2.19 bits per heavy atom. The Morgan fingerprint density at radius 1 is 1.38 bits per heavy atom. The molecule has 0 fully saturated rings. The number of methoxy groups -OCH3 is 1. The van der Waals surface area contributed by atoms with Gasteiger partial charge in [0.05, 0.1) is 18.0 Å². The quantitative estimate of drug-likeness (QED) is 0.884. The molecule has 0 bridgehead atoms. The van der Waals surface area contributed by atoms with Gasteiger partial charge in [-0.15, -0.1) is 0 Å². The maximum Gasteiger partial charge on any atom is 0.224 e. The van der Waals surface area contributed by atoms with Crippen molar-refractivity contribution in [3.8, 4) is 5.88 Å². The monoisotopic (exact) mass is 237 g/mol. The van der Waals surface area contributed by atoms with Gasteiger partial charge in [-0.25, -0.2) is 4.98 Å². The van der Waals surface area contributed by atoms with Gasteiger partial charge in [0.1, 0.15) is 5.82 Å². The second kappa shape index (κ2) is 4.63. The van der Waals surface area contributed by atoms with Crippen LogP contribution in [0.4, 0.5) is 0 Å². The van der Waals surface area contributed by atoms with Gasteiger partial charge in [0.15, 0.2) is 0 Å². The summed E-state index contributed by atoms with van der Waals surface area (Å²) in [6.07, 6.45) is 0.624. The lowest BCUT2D eigenvalue weighted by Gasteiger charge is -2.06. The number of fused-ring (bicyclic) bond motifs is 1. The minimum atomic E-state index is 0.509. The Hall–Kier alpha value is -1.39. The van der Waals surface area contributed by atoms with Gasteiger partial charge in [0, 0.05) is 11.4 Å². The molecule has 5 heteroatoms. The second-order valence-electron chi connectivity index (χ2n) is 3.35. The molecule has 2 N–H and O–H groups in total. The first-order valence-corrected chi connectivity index (χ1v) is 5.32.